The van der Waals surface area contributed by atoms with Crippen LogP contribution in [0.15, 0.2) is 18.2 Å². The van der Waals surface area contributed by atoms with Crippen molar-refractivity contribution in [1.29, 1.82) is 0 Å². The molecule has 0 spiro atoms. The first-order valence-electron chi connectivity index (χ1n) is 6.42. The summed E-state index contributed by atoms with van der Waals surface area (Å²) >= 11 is 0. The highest BCUT2D eigenvalue weighted by Crippen LogP contribution is 2.27. The fourth-order valence-corrected chi connectivity index (χ4v) is 3.95. The molecule has 1 saturated heterocycles. The van der Waals surface area contributed by atoms with Crippen molar-refractivity contribution in [3.05, 3.63) is 29.3 Å². The van der Waals surface area contributed by atoms with E-state index in [0.717, 1.165) is 19.5 Å². The van der Waals surface area contributed by atoms with E-state index in [1.54, 1.807) is 0 Å². The fraction of sp³-hybridized carbons (Fsp3) is 0.538. The first kappa shape index (κ1) is 12.0. The highest BCUT2D eigenvalue weighted by Gasteiger charge is 2.24. The minimum Gasteiger partial charge on any atom is -0.369 e. The van der Waals surface area contributed by atoms with Gasteiger partial charge in [-0.15, -0.1) is 0 Å². The molecule has 0 amide bonds. The number of benzene rings is 1. The number of fused-ring (bicyclic) bond motifs is 1. The van der Waals surface area contributed by atoms with E-state index >= 15 is 0 Å². The van der Waals surface area contributed by atoms with Crippen LogP contribution in [0.4, 0.5) is 5.69 Å². The molecule has 0 radical (unpaired) electrons. The summed E-state index contributed by atoms with van der Waals surface area (Å²) in [6, 6.07) is 6.38. The minimum absolute atomic E-state index is 0.282. The average molecular weight is 266 g/mol. The van der Waals surface area contributed by atoms with Crippen molar-refractivity contribution in [3.63, 3.8) is 0 Å². The summed E-state index contributed by atoms with van der Waals surface area (Å²) in [6.07, 6.45) is 1.06. The van der Waals surface area contributed by atoms with Crippen LogP contribution < -0.4 is 10.2 Å². The van der Waals surface area contributed by atoms with Crippen molar-refractivity contribution in [1.82, 2.24) is 5.32 Å². The van der Waals surface area contributed by atoms with Gasteiger partial charge in [0.1, 0.15) is 0 Å². The van der Waals surface area contributed by atoms with Gasteiger partial charge in [0.2, 0.25) is 0 Å². The molecule has 1 aromatic carbocycles. The van der Waals surface area contributed by atoms with Gasteiger partial charge >= 0.3 is 0 Å². The molecule has 2 aliphatic heterocycles. The molecular weight excluding hydrogens is 248 g/mol. The van der Waals surface area contributed by atoms with E-state index in [0.29, 0.717) is 13.1 Å². The zero-order valence-electron chi connectivity index (χ0n) is 10.4. The molecule has 0 unspecified atom stereocenters. The summed E-state index contributed by atoms with van der Waals surface area (Å²) in [6.45, 7) is 3.18. The number of hydrogen-bond donors (Lipinski definition) is 1. The lowest BCUT2D eigenvalue weighted by molar-refractivity contribution is 0.585. The Morgan fingerprint density at radius 2 is 1.94 bits per heavy atom. The third-order valence-electron chi connectivity index (χ3n) is 3.81. The van der Waals surface area contributed by atoms with Crippen LogP contribution in [0.5, 0.6) is 0 Å². The summed E-state index contributed by atoms with van der Waals surface area (Å²) in [5.74, 6) is 0.564. The Balaban J connectivity index is 1.89. The van der Waals surface area contributed by atoms with Crippen molar-refractivity contribution in [2.45, 2.75) is 13.0 Å². The van der Waals surface area contributed by atoms with Crippen LogP contribution in [0.25, 0.3) is 0 Å². The summed E-state index contributed by atoms with van der Waals surface area (Å²) in [4.78, 5) is 2.22. The quantitative estimate of drug-likeness (QED) is 0.807. The number of hydrogen-bond acceptors (Lipinski definition) is 4. The predicted molar refractivity (Wildman–Crippen MR) is 72.7 cm³/mol. The van der Waals surface area contributed by atoms with Gasteiger partial charge in [-0.05, 0) is 30.2 Å². The van der Waals surface area contributed by atoms with Gasteiger partial charge in [-0.3, -0.25) is 0 Å². The van der Waals surface area contributed by atoms with Gasteiger partial charge in [0.15, 0.2) is 9.84 Å². The molecule has 1 fully saturated rings. The maximum absolute atomic E-state index is 11.5. The van der Waals surface area contributed by atoms with Crippen LogP contribution in [-0.2, 0) is 22.8 Å². The molecule has 2 aliphatic rings. The summed E-state index contributed by atoms with van der Waals surface area (Å²) in [5.41, 5.74) is 3.97. The van der Waals surface area contributed by atoms with Crippen molar-refractivity contribution < 1.29 is 8.42 Å². The number of nitrogens with one attached hydrogen (secondary N) is 1. The van der Waals surface area contributed by atoms with E-state index < -0.39 is 9.84 Å². The predicted octanol–water partition coefficient (Wildman–Crippen LogP) is 0.567. The Morgan fingerprint density at radius 1 is 1.17 bits per heavy atom. The molecule has 1 N–H and O–H groups in total. The highest BCUT2D eigenvalue weighted by atomic mass is 32.2. The molecule has 1 aromatic rings. The van der Waals surface area contributed by atoms with Crippen LogP contribution in [-0.4, -0.2) is 39.6 Å². The summed E-state index contributed by atoms with van der Waals surface area (Å²) < 4.78 is 23.0. The van der Waals surface area contributed by atoms with E-state index in [-0.39, 0.29) is 11.5 Å². The molecule has 0 atom stereocenters. The largest absolute Gasteiger partial charge is 0.369 e. The summed E-state index contributed by atoms with van der Waals surface area (Å²) in [5, 5.41) is 3.39. The Kier molecular flexibility index (Phi) is 3.03. The molecule has 0 aliphatic carbocycles. The Bertz CT molecular complexity index is 540. The van der Waals surface area contributed by atoms with Gasteiger partial charge in [0.25, 0.3) is 0 Å². The SMILES string of the molecule is O=S1(=O)CCN(c2cccc3c2CNCC3)CC1. The van der Waals surface area contributed by atoms with Gasteiger partial charge in [-0.1, -0.05) is 12.1 Å². The molecule has 0 bridgehead atoms. The van der Waals surface area contributed by atoms with Crippen molar-refractivity contribution in [2.24, 2.45) is 0 Å². The minimum atomic E-state index is -2.80. The van der Waals surface area contributed by atoms with Gasteiger partial charge in [0.05, 0.1) is 11.5 Å². The zero-order valence-corrected chi connectivity index (χ0v) is 11.2. The average Bonchev–Trinajstić information content (AvgIpc) is 2.38. The molecule has 98 valence electrons. The van der Waals surface area contributed by atoms with Crippen LogP contribution in [0.1, 0.15) is 11.1 Å². The second-order valence-corrected chi connectivity index (χ2v) is 7.28. The fourth-order valence-electron chi connectivity index (χ4n) is 2.75. The van der Waals surface area contributed by atoms with Crippen molar-refractivity contribution in [3.8, 4) is 0 Å². The van der Waals surface area contributed by atoms with Gasteiger partial charge < -0.3 is 10.2 Å². The lowest BCUT2D eigenvalue weighted by Gasteiger charge is -2.32. The molecule has 3 rings (SSSR count). The third kappa shape index (κ3) is 2.24. The maximum atomic E-state index is 11.5. The van der Waals surface area contributed by atoms with E-state index in [2.05, 4.69) is 28.4 Å². The van der Waals surface area contributed by atoms with Crippen LogP contribution in [0, 0.1) is 0 Å². The zero-order chi connectivity index (χ0) is 12.6. The molecule has 0 aromatic heterocycles. The van der Waals surface area contributed by atoms with E-state index in [4.69, 9.17) is 0 Å². The lowest BCUT2D eigenvalue weighted by Crippen LogP contribution is -2.41. The Hall–Kier alpha value is -1.07. The van der Waals surface area contributed by atoms with E-state index in [9.17, 15) is 8.42 Å². The normalized spacial score (nSPS) is 22.6. The first-order chi connectivity index (χ1) is 8.66. The van der Waals surface area contributed by atoms with E-state index in [1.165, 1.54) is 16.8 Å². The number of nitrogens with zero attached hydrogens (tertiary/aromatic N) is 1. The monoisotopic (exact) mass is 266 g/mol. The molecule has 4 nitrogen and oxygen atoms in total. The third-order valence-corrected chi connectivity index (χ3v) is 5.42. The van der Waals surface area contributed by atoms with Gasteiger partial charge in [0, 0.05) is 25.3 Å². The molecular formula is C13H18N2O2S. The standard InChI is InChI=1S/C13H18N2O2S/c16-18(17)8-6-15(7-9-18)13-3-1-2-11-4-5-14-10-12(11)13/h1-3,14H,4-10H2. The smallest absolute Gasteiger partial charge is 0.153 e. The molecule has 5 heteroatoms. The van der Waals surface area contributed by atoms with Crippen LogP contribution >= 0.6 is 0 Å². The first-order valence-corrected chi connectivity index (χ1v) is 8.25. The van der Waals surface area contributed by atoms with Crippen LogP contribution in [0.3, 0.4) is 0 Å². The number of rotatable bonds is 1. The van der Waals surface area contributed by atoms with Gasteiger partial charge in [-0.2, -0.15) is 0 Å². The second-order valence-electron chi connectivity index (χ2n) is 4.98. The number of sulfone groups is 1. The second kappa shape index (κ2) is 4.55. The number of anilines is 1. The summed E-state index contributed by atoms with van der Waals surface area (Å²) in [7, 11) is -2.80. The van der Waals surface area contributed by atoms with Crippen LogP contribution in [0.2, 0.25) is 0 Å². The molecule has 2 heterocycles. The van der Waals surface area contributed by atoms with Crippen molar-refractivity contribution >= 4 is 15.5 Å². The Labute approximate surface area is 108 Å². The van der Waals surface area contributed by atoms with Gasteiger partial charge in [-0.25, -0.2) is 8.42 Å². The van der Waals surface area contributed by atoms with E-state index in [1.807, 2.05) is 0 Å². The molecule has 0 saturated carbocycles. The maximum Gasteiger partial charge on any atom is 0.153 e. The van der Waals surface area contributed by atoms with Crippen molar-refractivity contribution in [2.75, 3.05) is 36.0 Å². The lowest BCUT2D eigenvalue weighted by atomic mass is 9.98. The molecule has 18 heavy (non-hydrogen) atoms. The highest BCUT2D eigenvalue weighted by molar-refractivity contribution is 7.91. The Morgan fingerprint density at radius 3 is 2.72 bits per heavy atom. The topological polar surface area (TPSA) is 49.4 Å².